The van der Waals surface area contributed by atoms with Gasteiger partial charge in [-0.2, -0.15) is 0 Å². The molecule has 0 aromatic carbocycles. The maximum Gasteiger partial charge on any atom is 0.305 e. The summed E-state index contributed by atoms with van der Waals surface area (Å²) in [6.07, 6.45) is 87.7. The first-order valence-corrected chi connectivity index (χ1v) is 35.7. The van der Waals surface area contributed by atoms with Gasteiger partial charge in [0.15, 0.2) is 0 Å². The number of ether oxygens (including phenoxy) is 1. The molecule has 0 aliphatic rings. The molecule has 0 heterocycles. The number of unbranched alkanes of at least 4 members (excludes halogenated alkanes) is 50. The van der Waals surface area contributed by atoms with Crippen molar-refractivity contribution in [3.05, 3.63) is 36.5 Å². The van der Waals surface area contributed by atoms with Crippen molar-refractivity contribution in [2.24, 2.45) is 0 Å². The monoisotopic (exact) mass is 1110 g/mol. The van der Waals surface area contributed by atoms with Gasteiger partial charge in [0.05, 0.1) is 25.4 Å². The number of aliphatic hydroxyl groups excluding tert-OH is 2. The van der Waals surface area contributed by atoms with Crippen LogP contribution in [0.5, 0.6) is 0 Å². The third-order valence-corrected chi connectivity index (χ3v) is 16.7. The number of esters is 1. The van der Waals surface area contributed by atoms with Crippen LogP contribution in [0.4, 0.5) is 0 Å². The SMILES string of the molecule is CCCCCC/C=C\C/C=C\CCCCCCCCCC(=O)OCCCCCCCCCCCCCC/C=C\CCCCCCCCCCCCCCCC(=O)NC(CO)C(O)CCCCCCCCCCCCCCCCC. The van der Waals surface area contributed by atoms with E-state index in [4.69, 9.17) is 4.74 Å². The van der Waals surface area contributed by atoms with Crippen molar-refractivity contribution in [1.82, 2.24) is 5.32 Å². The maximum atomic E-state index is 12.5. The second-order valence-corrected chi connectivity index (χ2v) is 24.6. The fourth-order valence-electron chi connectivity index (χ4n) is 11.2. The van der Waals surface area contributed by atoms with E-state index in [9.17, 15) is 19.8 Å². The number of amides is 1. The van der Waals surface area contributed by atoms with E-state index in [0.29, 0.717) is 25.9 Å². The minimum Gasteiger partial charge on any atom is -0.466 e. The largest absolute Gasteiger partial charge is 0.466 e. The lowest BCUT2D eigenvalue weighted by Crippen LogP contribution is -2.45. The molecule has 466 valence electrons. The first-order valence-electron chi connectivity index (χ1n) is 35.7. The summed E-state index contributed by atoms with van der Waals surface area (Å²) in [5.41, 5.74) is 0. The molecule has 0 rings (SSSR count). The standard InChI is InChI=1S/C73H139NO5/c1-3-5-7-9-11-13-15-17-19-20-35-39-43-47-51-55-59-63-67-73(78)79-68-64-60-56-52-48-44-40-36-33-31-29-27-25-23-21-22-24-26-28-30-32-34-38-42-46-50-54-58-62-66-72(77)74-70(69-75)71(76)65-61-57-53-49-45-41-37-18-16-14-12-10-8-6-4-2/h13,15,19-21,23,70-71,75-76H,3-12,14,16-18,22,24-69H2,1-2H3,(H,74,77)/b15-13-,20-19-,23-21-. The zero-order chi connectivity index (χ0) is 57.1. The Labute approximate surface area is 494 Å². The van der Waals surface area contributed by atoms with Gasteiger partial charge in [0.1, 0.15) is 0 Å². The molecule has 1 amide bonds. The molecule has 79 heavy (non-hydrogen) atoms. The van der Waals surface area contributed by atoms with E-state index < -0.39 is 12.1 Å². The van der Waals surface area contributed by atoms with Crippen molar-refractivity contribution < 1.29 is 24.5 Å². The Balaban J connectivity index is 3.36. The van der Waals surface area contributed by atoms with Crippen LogP contribution in [0.25, 0.3) is 0 Å². The van der Waals surface area contributed by atoms with Crippen LogP contribution in [0.3, 0.4) is 0 Å². The van der Waals surface area contributed by atoms with Gasteiger partial charge in [0.25, 0.3) is 0 Å². The Morgan fingerprint density at radius 2 is 0.633 bits per heavy atom. The first kappa shape index (κ1) is 77.1. The highest BCUT2D eigenvalue weighted by Crippen LogP contribution is 2.19. The Morgan fingerprint density at radius 3 is 0.987 bits per heavy atom. The predicted molar refractivity (Wildman–Crippen MR) is 347 cm³/mol. The molecule has 6 heteroatoms. The van der Waals surface area contributed by atoms with E-state index >= 15 is 0 Å². The molecule has 3 N–H and O–H groups in total. The van der Waals surface area contributed by atoms with E-state index in [1.54, 1.807) is 0 Å². The van der Waals surface area contributed by atoms with Crippen LogP contribution < -0.4 is 5.32 Å². The molecule has 0 saturated carbocycles. The van der Waals surface area contributed by atoms with E-state index in [1.807, 2.05) is 0 Å². The lowest BCUT2D eigenvalue weighted by atomic mass is 10.0. The maximum absolute atomic E-state index is 12.5. The molecule has 2 unspecified atom stereocenters. The number of carbonyl (C=O) groups excluding carboxylic acids is 2. The van der Waals surface area contributed by atoms with Gasteiger partial charge in [-0.3, -0.25) is 9.59 Å². The van der Waals surface area contributed by atoms with E-state index in [1.165, 1.54) is 308 Å². The summed E-state index contributed by atoms with van der Waals surface area (Å²) in [4.78, 5) is 24.6. The molecule has 0 aromatic heterocycles. The molecule has 0 bridgehead atoms. The zero-order valence-electron chi connectivity index (χ0n) is 53.4. The molecule has 6 nitrogen and oxygen atoms in total. The lowest BCUT2D eigenvalue weighted by molar-refractivity contribution is -0.143. The smallest absolute Gasteiger partial charge is 0.305 e. The topological polar surface area (TPSA) is 95.9 Å². The number of aliphatic hydroxyl groups is 2. The number of carbonyl (C=O) groups is 2. The highest BCUT2D eigenvalue weighted by molar-refractivity contribution is 5.76. The molecule has 0 saturated heterocycles. The summed E-state index contributed by atoms with van der Waals surface area (Å²) < 4.78 is 5.50. The average Bonchev–Trinajstić information content (AvgIpc) is 3.45. The lowest BCUT2D eigenvalue weighted by Gasteiger charge is -2.22. The van der Waals surface area contributed by atoms with E-state index in [2.05, 4.69) is 55.6 Å². The molecular formula is C73H139NO5. The van der Waals surface area contributed by atoms with Crippen molar-refractivity contribution in [2.75, 3.05) is 13.2 Å². The summed E-state index contributed by atoms with van der Waals surface area (Å²) in [7, 11) is 0. The third kappa shape index (κ3) is 65.1. The van der Waals surface area contributed by atoms with Crippen molar-refractivity contribution in [1.29, 1.82) is 0 Å². The quantitative estimate of drug-likeness (QED) is 0.0320. The van der Waals surface area contributed by atoms with Gasteiger partial charge in [0, 0.05) is 12.8 Å². The average molecular weight is 1110 g/mol. The fraction of sp³-hybridized carbons (Fsp3) is 0.890. The number of nitrogens with one attached hydrogen (secondary N) is 1. The number of hydrogen-bond acceptors (Lipinski definition) is 5. The van der Waals surface area contributed by atoms with Crippen LogP contribution in [0.2, 0.25) is 0 Å². The van der Waals surface area contributed by atoms with Crippen LogP contribution >= 0.6 is 0 Å². The highest BCUT2D eigenvalue weighted by Gasteiger charge is 2.20. The Hall–Kier alpha value is -1.92. The van der Waals surface area contributed by atoms with Gasteiger partial charge in [-0.1, -0.05) is 333 Å². The van der Waals surface area contributed by atoms with Crippen molar-refractivity contribution >= 4 is 11.9 Å². The van der Waals surface area contributed by atoms with Gasteiger partial charge >= 0.3 is 5.97 Å². The van der Waals surface area contributed by atoms with Crippen molar-refractivity contribution in [3.63, 3.8) is 0 Å². The Kier molecular flexibility index (Phi) is 66.9. The molecule has 0 radical (unpaired) electrons. The minimum atomic E-state index is -0.664. The predicted octanol–water partition coefficient (Wildman–Crippen LogP) is 23.1. The summed E-state index contributed by atoms with van der Waals surface area (Å²) in [6.45, 7) is 4.96. The van der Waals surface area contributed by atoms with Gasteiger partial charge in [-0.05, 0) is 83.5 Å². The minimum absolute atomic E-state index is 0.00960. The van der Waals surface area contributed by atoms with Crippen molar-refractivity contribution in [2.45, 2.75) is 405 Å². The van der Waals surface area contributed by atoms with Crippen LogP contribution in [-0.2, 0) is 14.3 Å². The van der Waals surface area contributed by atoms with Crippen LogP contribution in [0, 0.1) is 0 Å². The molecule has 0 aromatic rings. The van der Waals surface area contributed by atoms with Gasteiger partial charge in [-0.15, -0.1) is 0 Å². The molecule has 0 fully saturated rings. The normalized spacial score (nSPS) is 12.7. The highest BCUT2D eigenvalue weighted by atomic mass is 16.5. The number of hydrogen-bond donors (Lipinski definition) is 3. The second-order valence-electron chi connectivity index (χ2n) is 24.6. The van der Waals surface area contributed by atoms with Crippen molar-refractivity contribution in [3.8, 4) is 0 Å². The van der Waals surface area contributed by atoms with E-state index in [0.717, 1.165) is 51.4 Å². The van der Waals surface area contributed by atoms with Gasteiger partial charge in [-0.25, -0.2) is 0 Å². The molecular weight excluding hydrogens is 971 g/mol. The second kappa shape index (κ2) is 68.6. The number of allylic oxidation sites excluding steroid dienone is 6. The Bertz CT molecular complexity index is 1280. The summed E-state index contributed by atoms with van der Waals surface area (Å²) >= 11 is 0. The Morgan fingerprint density at radius 1 is 0.354 bits per heavy atom. The molecule has 0 aliphatic carbocycles. The summed E-state index contributed by atoms with van der Waals surface area (Å²) in [5.74, 6) is -0.0221. The van der Waals surface area contributed by atoms with Gasteiger partial charge < -0.3 is 20.3 Å². The third-order valence-electron chi connectivity index (χ3n) is 16.7. The van der Waals surface area contributed by atoms with Gasteiger partial charge in [0.2, 0.25) is 5.91 Å². The number of rotatable bonds is 67. The molecule has 2 atom stereocenters. The fourth-order valence-corrected chi connectivity index (χ4v) is 11.2. The first-order chi connectivity index (χ1) is 39.0. The zero-order valence-corrected chi connectivity index (χ0v) is 53.4. The van der Waals surface area contributed by atoms with Crippen LogP contribution in [0.15, 0.2) is 36.5 Å². The van der Waals surface area contributed by atoms with Crippen LogP contribution in [-0.4, -0.2) is 47.4 Å². The summed E-state index contributed by atoms with van der Waals surface area (Å²) in [6, 6.07) is -0.541. The molecule has 0 aliphatic heterocycles. The van der Waals surface area contributed by atoms with E-state index in [-0.39, 0.29) is 18.5 Å². The van der Waals surface area contributed by atoms with Crippen LogP contribution in [0.1, 0.15) is 393 Å². The summed E-state index contributed by atoms with van der Waals surface area (Å²) in [5, 5.41) is 23.3. The molecule has 0 spiro atoms.